The molecule has 2 nitrogen and oxygen atoms in total. The molecular formula is C26H42O2. The van der Waals surface area contributed by atoms with E-state index in [4.69, 9.17) is 9.47 Å². The van der Waals surface area contributed by atoms with Gasteiger partial charge in [-0.2, -0.15) is 0 Å². The van der Waals surface area contributed by atoms with Crippen LogP contribution in [0.5, 0.6) is 0 Å². The molecule has 0 N–H and O–H groups in total. The molecule has 0 radical (unpaired) electrons. The zero-order valence-corrected chi connectivity index (χ0v) is 18.1. The molecule has 2 saturated carbocycles. The van der Waals surface area contributed by atoms with E-state index in [1.807, 2.05) is 0 Å². The molecule has 28 heavy (non-hydrogen) atoms. The minimum Gasteiger partial charge on any atom is -0.353 e. The fraction of sp³-hybridized carbons (Fsp3) is 0.769. The first-order valence-corrected chi connectivity index (χ1v) is 12.0. The lowest BCUT2D eigenvalue weighted by Gasteiger charge is -2.27. The fourth-order valence-corrected chi connectivity index (χ4v) is 5.73. The highest BCUT2D eigenvalue weighted by molar-refractivity contribution is 5.17. The molecule has 0 aromatic carbocycles. The summed E-state index contributed by atoms with van der Waals surface area (Å²) in [5.74, 6) is 3.10. The molecular weight excluding hydrogens is 344 g/mol. The lowest BCUT2D eigenvalue weighted by Crippen LogP contribution is -2.27. The molecule has 2 aliphatic carbocycles. The SMILES string of the molecule is C=CCC[C@@H]1C(=C)C[C@@H]2[C@@H]1CC[C@H]2C=C[C@H](CCCCC)OC1CCCCO1. The summed E-state index contributed by atoms with van der Waals surface area (Å²) in [6.45, 7) is 11.5. The lowest BCUT2D eigenvalue weighted by atomic mass is 9.86. The van der Waals surface area contributed by atoms with Crippen molar-refractivity contribution in [3.63, 3.8) is 0 Å². The van der Waals surface area contributed by atoms with Gasteiger partial charge in [-0.05, 0) is 81.5 Å². The van der Waals surface area contributed by atoms with Crippen LogP contribution in [0, 0.1) is 23.7 Å². The first kappa shape index (κ1) is 21.8. The highest BCUT2D eigenvalue weighted by atomic mass is 16.7. The smallest absolute Gasteiger partial charge is 0.158 e. The molecule has 0 spiro atoms. The van der Waals surface area contributed by atoms with Gasteiger partial charge in [0.25, 0.3) is 0 Å². The molecule has 0 bridgehead atoms. The minimum absolute atomic E-state index is 0.0101. The van der Waals surface area contributed by atoms with Crippen molar-refractivity contribution in [3.8, 4) is 0 Å². The predicted molar refractivity (Wildman–Crippen MR) is 118 cm³/mol. The van der Waals surface area contributed by atoms with Gasteiger partial charge >= 0.3 is 0 Å². The topological polar surface area (TPSA) is 18.5 Å². The number of fused-ring (bicyclic) bond motifs is 1. The predicted octanol–water partition coefficient (Wildman–Crippen LogP) is 7.22. The number of unbranched alkanes of at least 4 members (excludes halogenated alkanes) is 2. The van der Waals surface area contributed by atoms with Crippen LogP contribution in [0.4, 0.5) is 0 Å². The van der Waals surface area contributed by atoms with Crippen LogP contribution < -0.4 is 0 Å². The molecule has 1 aliphatic heterocycles. The summed E-state index contributed by atoms with van der Waals surface area (Å²) in [4.78, 5) is 0. The fourth-order valence-electron chi connectivity index (χ4n) is 5.73. The van der Waals surface area contributed by atoms with Gasteiger partial charge in [0.2, 0.25) is 0 Å². The average molecular weight is 387 g/mol. The molecule has 1 saturated heterocycles. The van der Waals surface area contributed by atoms with E-state index in [1.165, 1.54) is 63.4 Å². The summed E-state index contributed by atoms with van der Waals surface area (Å²) in [6.07, 6.45) is 21.9. The van der Waals surface area contributed by atoms with E-state index in [9.17, 15) is 0 Å². The summed E-state index contributed by atoms with van der Waals surface area (Å²) in [5.41, 5.74) is 1.50. The van der Waals surface area contributed by atoms with E-state index in [-0.39, 0.29) is 12.4 Å². The van der Waals surface area contributed by atoms with Gasteiger partial charge in [0.1, 0.15) is 0 Å². The van der Waals surface area contributed by atoms with Crippen LogP contribution in [0.2, 0.25) is 0 Å². The van der Waals surface area contributed by atoms with E-state index in [0.717, 1.165) is 43.6 Å². The maximum atomic E-state index is 6.37. The monoisotopic (exact) mass is 386 g/mol. The average Bonchev–Trinajstić information content (AvgIpc) is 3.23. The van der Waals surface area contributed by atoms with Crippen LogP contribution in [0.15, 0.2) is 37.0 Å². The first-order chi connectivity index (χ1) is 13.7. The van der Waals surface area contributed by atoms with Gasteiger partial charge in [-0.25, -0.2) is 0 Å². The van der Waals surface area contributed by atoms with E-state index < -0.39 is 0 Å². The van der Waals surface area contributed by atoms with Crippen molar-refractivity contribution in [3.05, 3.63) is 37.0 Å². The van der Waals surface area contributed by atoms with Gasteiger partial charge in [0, 0.05) is 6.61 Å². The van der Waals surface area contributed by atoms with Gasteiger partial charge in [0.05, 0.1) is 6.10 Å². The quantitative estimate of drug-likeness (QED) is 0.276. The van der Waals surface area contributed by atoms with Crippen LogP contribution in [0.25, 0.3) is 0 Å². The Morgan fingerprint density at radius 2 is 2.07 bits per heavy atom. The summed E-state index contributed by atoms with van der Waals surface area (Å²) < 4.78 is 12.2. The molecule has 158 valence electrons. The van der Waals surface area contributed by atoms with Crippen LogP contribution in [0.3, 0.4) is 0 Å². The normalized spacial score (nSPS) is 34.0. The van der Waals surface area contributed by atoms with Gasteiger partial charge in [-0.15, -0.1) is 6.58 Å². The Bertz CT molecular complexity index is 517. The van der Waals surface area contributed by atoms with Crippen LogP contribution in [-0.4, -0.2) is 19.0 Å². The Labute approximate surface area is 173 Å². The maximum Gasteiger partial charge on any atom is 0.158 e. The molecule has 6 atom stereocenters. The summed E-state index contributed by atoms with van der Waals surface area (Å²) in [5, 5.41) is 0. The zero-order valence-electron chi connectivity index (χ0n) is 18.1. The first-order valence-electron chi connectivity index (χ1n) is 12.0. The molecule has 1 heterocycles. The number of ether oxygens (including phenoxy) is 2. The molecule has 1 unspecified atom stereocenters. The summed E-state index contributed by atoms with van der Waals surface area (Å²) in [7, 11) is 0. The van der Waals surface area contributed by atoms with E-state index >= 15 is 0 Å². The molecule has 3 fully saturated rings. The van der Waals surface area contributed by atoms with Crippen molar-refractivity contribution in [1.82, 2.24) is 0 Å². The van der Waals surface area contributed by atoms with Crippen molar-refractivity contribution in [2.45, 2.75) is 96.4 Å². The van der Waals surface area contributed by atoms with Gasteiger partial charge in [-0.1, -0.05) is 56.6 Å². The Balaban J connectivity index is 1.57. The third-order valence-corrected chi connectivity index (χ3v) is 7.28. The van der Waals surface area contributed by atoms with Crippen LogP contribution in [0.1, 0.15) is 84.0 Å². The lowest BCUT2D eigenvalue weighted by molar-refractivity contribution is -0.179. The molecule has 2 heteroatoms. The Morgan fingerprint density at radius 3 is 2.82 bits per heavy atom. The maximum absolute atomic E-state index is 6.37. The Kier molecular flexibility index (Phi) is 8.86. The van der Waals surface area contributed by atoms with Crippen molar-refractivity contribution in [2.24, 2.45) is 23.7 Å². The second kappa shape index (κ2) is 11.4. The van der Waals surface area contributed by atoms with Crippen molar-refractivity contribution >= 4 is 0 Å². The molecule has 0 aromatic heterocycles. The zero-order chi connectivity index (χ0) is 19.8. The van der Waals surface area contributed by atoms with Crippen molar-refractivity contribution in [1.29, 1.82) is 0 Å². The summed E-state index contributed by atoms with van der Waals surface area (Å²) in [6, 6.07) is 0. The van der Waals surface area contributed by atoms with Crippen molar-refractivity contribution < 1.29 is 9.47 Å². The van der Waals surface area contributed by atoms with E-state index in [1.54, 1.807) is 0 Å². The molecule has 3 rings (SSSR count). The van der Waals surface area contributed by atoms with Crippen molar-refractivity contribution in [2.75, 3.05) is 6.61 Å². The van der Waals surface area contributed by atoms with E-state index in [0.29, 0.717) is 5.92 Å². The number of hydrogen-bond donors (Lipinski definition) is 0. The number of rotatable bonds is 11. The highest BCUT2D eigenvalue weighted by Gasteiger charge is 2.45. The van der Waals surface area contributed by atoms with Gasteiger partial charge < -0.3 is 9.47 Å². The highest BCUT2D eigenvalue weighted by Crippen LogP contribution is 2.54. The second-order valence-electron chi connectivity index (χ2n) is 9.26. The van der Waals surface area contributed by atoms with Gasteiger partial charge in [-0.3, -0.25) is 0 Å². The molecule has 0 aromatic rings. The Hall–Kier alpha value is -0.860. The van der Waals surface area contributed by atoms with Crippen LogP contribution >= 0.6 is 0 Å². The second-order valence-corrected chi connectivity index (χ2v) is 9.26. The molecule has 0 amide bonds. The van der Waals surface area contributed by atoms with Crippen LogP contribution in [-0.2, 0) is 9.47 Å². The third kappa shape index (κ3) is 5.83. The molecule has 3 aliphatic rings. The van der Waals surface area contributed by atoms with Gasteiger partial charge in [0.15, 0.2) is 6.29 Å². The minimum atomic E-state index is 0.0101. The Morgan fingerprint density at radius 1 is 1.18 bits per heavy atom. The van der Waals surface area contributed by atoms with E-state index in [2.05, 4.69) is 38.3 Å². The number of hydrogen-bond acceptors (Lipinski definition) is 2. The number of allylic oxidation sites excluding steroid dienone is 3. The summed E-state index contributed by atoms with van der Waals surface area (Å²) >= 11 is 0. The largest absolute Gasteiger partial charge is 0.353 e. The standard InChI is InChI=1S/C26H42O2/c1-4-6-8-11-22(28-26-13-9-10-18-27-26)16-14-21-15-17-24-23(12-7-5-2)20(3)19-25(21)24/h5,14,16,21-26H,2-4,6-13,15,17-19H2,1H3/t21-,22+,23-,24-,25+,26?/m1/s1. The third-order valence-electron chi connectivity index (χ3n) is 7.28.